The Kier molecular flexibility index (Phi) is 4.48. The van der Waals surface area contributed by atoms with E-state index < -0.39 is 51.7 Å². The highest BCUT2D eigenvalue weighted by Crippen LogP contribution is 2.27. The lowest BCUT2D eigenvalue weighted by Gasteiger charge is -2.04. The van der Waals surface area contributed by atoms with Crippen molar-refractivity contribution in [1.29, 1.82) is 0 Å². The zero-order chi connectivity index (χ0) is 14.8. The molecule has 1 aromatic rings. The fraction of sp³-hybridized carbons (Fsp3) is 0.250. The third-order valence-electron chi connectivity index (χ3n) is 2.06. The van der Waals surface area contributed by atoms with E-state index in [4.69, 9.17) is 10.7 Å². The van der Waals surface area contributed by atoms with Crippen molar-refractivity contribution < 1.29 is 26.1 Å². The maximum Gasteiger partial charge on any atom is 0.323 e. The van der Waals surface area contributed by atoms with Crippen LogP contribution in [0.2, 0.25) is 0 Å². The lowest BCUT2D eigenvalue weighted by Crippen LogP contribution is -2.16. The smallest absolute Gasteiger partial charge is 0.258 e. The number of nitro benzene ring substituents is 1. The molecule has 0 aromatic heterocycles. The Morgan fingerprint density at radius 1 is 1.21 bits per heavy atom. The number of rotatable bonds is 5. The number of benzene rings is 1. The van der Waals surface area contributed by atoms with Gasteiger partial charge in [0, 0.05) is 10.7 Å². The van der Waals surface area contributed by atoms with Crippen LogP contribution < -0.4 is 0 Å². The molecule has 1 rings (SSSR count). The Morgan fingerprint density at radius 3 is 2.26 bits per heavy atom. The number of para-hydroxylation sites is 1. The van der Waals surface area contributed by atoms with Crippen LogP contribution in [0.25, 0.3) is 0 Å². The van der Waals surface area contributed by atoms with E-state index in [0.717, 1.165) is 18.2 Å². The number of halogens is 2. The summed E-state index contributed by atoms with van der Waals surface area (Å²) in [5, 5.41) is 10.6. The summed E-state index contributed by atoms with van der Waals surface area (Å²) in [6.45, 7) is 0. The van der Waals surface area contributed by atoms with Gasteiger partial charge in [0.2, 0.25) is 14.9 Å². The molecule has 0 heterocycles. The quantitative estimate of drug-likeness (QED) is 0.453. The minimum atomic E-state index is -4.34. The van der Waals surface area contributed by atoms with Crippen molar-refractivity contribution in [2.45, 2.75) is 4.90 Å². The maximum atomic E-state index is 13.3. The normalized spacial score (nSPS) is 12.3. The van der Waals surface area contributed by atoms with E-state index >= 15 is 0 Å². The molecule has 11 heteroatoms. The molecular formula is C8H7ClFNO6S2. The zero-order valence-corrected chi connectivity index (χ0v) is 11.5. The van der Waals surface area contributed by atoms with Gasteiger partial charge in [0.05, 0.1) is 16.4 Å². The van der Waals surface area contributed by atoms with Gasteiger partial charge in [0.1, 0.15) is 4.90 Å². The summed E-state index contributed by atoms with van der Waals surface area (Å²) in [7, 11) is -3.56. The highest BCUT2D eigenvalue weighted by atomic mass is 35.7. The topological polar surface area (TPSA) is 111 Å². The highest BCUT2D eigenvalue weighted by molar-refractivity contribution is 8.14. The molecule has 19 heavy (non-hydrogen) atoms. The van der Waals surface area contributed by atoms with E-state index in [1.165, 1.54) is 0 Å². The van der Waals surface area contributed by atoms with Crippen LogP contribution in [0.4, 0.5) is 10.1 Å². The molecule has 1 aromatic carbocycles. The van der Waals surface area contributed by atoms with Gasteiger partial charge in [0.15, 0.2) is 9.84 Å². The van der Waals surface area contributed by atoms with Crippen molar-refractivity contribution >= 4 is 35.3 Å². The Labute approximate surface area is 112 Å². The lowest BCUT2D eigenvalue weighted by atomic mass is 10.3. The predicted octanol–water partition coefficient (Wildman–Crippen LogP) is 1.08. The number of sulfone groups is 1. The second-order valence-corrected chi connectivity index (χ2v) is 8.38. The average Bonchev–Trinajstić information content (AvgIpc) is 2.25. The van der Waals surface area contributed by atoms with Gasteiger partial charge in [-0.25, -0.2) is 16.8 Å². The molecule has 0 aliphatic rings. The lowest BCUT2D eigenvalue weighted by molar-refractivity contribution is -0.390. The fourth-order valence-electron chi connectivity index (χ4n) is 1.24. The fourth-order valence-corrected chi connectivity index (χ4v) is 4.46. The molecule has 0 N–H and O–H groups in total. The molecule has 0 aliphatic heterocycles. The second-order valence-electron chi connectivity index (χ2n) is 3.41. The van der Waals surface area contributed by atoms with Crippen molar-refractivity contribution in [3.05, 3.63) is 34.1 Å². The van der Waals surface area contributed by atoms with E-state index in [9.17, 15) is 31.3 Å². The monoisotopic (exact) mass is 331 g/mol. The predicted molar refractivity (Wildman–Crippen MR) is 64.7 cm³/mol. The molecule has 0 saturated carbocycles. The molecule has 106 valence electrons. The first-order valence-corrected chi connectivity index (χ1v) is 8.75. The van der Waals surface area contributed by atoms with E-state index in [1.807, 2.05) is 0 Å². The zero-order valence-electron chi connectivity index (χ0n) is 9.12. The van der Waals surface area contributed by atoms with Gasteiger partial charge >= 0.3 is 5.69 Å². The minimum Gasteiger partial charge on any atom is -0.258 e. The van der Waals surface area contributed by atoms with Crippen LogP contribution in [0.1, 0.15) is 0 Å². The summed E-state index contributed by atoms with van der Waals surface area (Å²) in [5.41, 5.74) is -1.21. The molecule has 0 amide bonds. The summed E-state index contributed by atoms with van der Waals surface area (Å²) in [4.78, 5) is 8.59. The average molecular weight is 332 g/mol. The molecular weight excluding hydrogens is 325 g/mol. The van der Waals surface area contributed by atoms with E-state index in [0.29, 0.717) is 0 Å². The number of nitro groups is 1. The molecule has 0 fully saturated rings. The first kappa shape index (κ1) is 15.8. The summed E-state index contributed by atoms with van der Waals surface area (Å²) in [5.74, 6) is -3.21. The standard InChI is InChI=1S/C8H7ClFNO6S2/c9-19(16,17)5-4-18(14,15)7-3-1-2-6(10)8(7)11(12)13/h1-3H,4-5H2. The van der Waals surface area contributed by atoms with Crippen molar-refractivity contribution in [1.82, 2.24) is 0 Å². The maximum absolute atomic E-state index is 13.3. The molecule has 0 bridgehead atoms. The van der Waals surface area contributed by atoms with E-state index in [-0.39, 0.29) is 0 Å². The first-order valence-electron chi connectivity index (χ1n) is 4.62. The number of hydrogen-bond acceptors (Lipinski definition) is 6. The van der Waals surface area contributed by atoms with Gasteiger partial charge in [-0.2, -0.15) is 4.39 Å². The van der Waals surface area contributed by atoms with Crippen molar-refractivity contribution in [2.24, 2.45) is 0 Å². The van der Waals surface area contributed by atoms with Crippen LogP contribution in [0.3, 0.4) is 0 Å². The van der Waals surface area contributed by atoms with Crippen molar-refractivity contribution in [3.8, 4) is 0 Å². The first-order chi connectivity index (χ1) is 8.54. The Morgan fingerprint density at radius 2 is 1.79 bits per heavy atom. The highest BCUT2D eigenvalue weighted by Gasteiger charge is 2.30. The molecule has 7 nitrogen and oxygen atoms in total. The molecule has 0 spiro atoms. The van der Waals surface area contributed by atoms with Gasteiger partial charge in [-0.1, -0.05) is 6.07 Å². The van der Waals surface area contributed by atoms with Gasteiger partial charge in [-0.15, -0.1) is 0 Å². The molecule has 0 aliphatic carbocycles. The van der Waals surface area contributed by atoms with Gasteiger partial charge in [-0.05, 0) is 12.1 Å². The third-order valence-corrected chi connectivity index (χ3v) is 5.22. The molecule has 0 atom stereocenters. The SMILES string of the molecule is O=[N+]([O-])c1c(F)cccc1S(=O)(=O)CCS(=O)(=O)Cl. The largest absolute Gasteiger partial charge is 0.323 e. The van der Waals surface area contributed by atoms with Crippen LogP contribution in [0, 0.1) is 15.9 Å². The van der Waals surface area contributed by atoms with Crippen molar-refractivity contribution in [3.63, 3.8) is 0 Å². The number of hydrogen-bond donors (Lipinski definition) is 0. The van der Waals surface area contributed by atoms with Crippen LogP contribution in [0.5, 0.6) is 0 Å². The van der Waals surface area contributed by atoms with Gasteiger partial charge in [0.25, 0.3) is 0 Å². The second kappa shape index (κ2) is 5.39. The van der Waals surface area contributed by atoms with Gasteiger partial charge < -0.3 is 0 Å². The summed E-state index contributed by atoms with van der Waals surface area (Å²) < 4.78 is 58.2. The minimum absolute atomic E-state index is 0.732. The van der Waals surface area contributed by atoms with Crippen LogP contribution >= 0.6 is 10.7 Å². The van der Waals surface area contributed by atoms with Crippen LogP contribution in [-0.2, 0) is 18.9 Å². The Balaban J connectivity index is 3.30. The van der Waals surface area contributed by atoms with E-state index in [1.54, 1.807) is 0 Å². The Hall–Kier alpha value is -1.26. The molecule has 0 saturated heterocycles. The number of nitrogens with zero attached hydrogens (tertiary/aromatic N) is 1. The summed E-state index contributed by atoms with van der Waals surface area (Å²) >= 11 is 0. The van der Waals surface area contributed by atoms with Crippen LogP contribution in [0.15, 0.2) is 23.1 Å². The van der Waals surface area contributed by atoms with Crippen LogP contribution in [-0.4, -0.2) is 33.3 Å². The van der Waals surface area contributed by atoms with E-state index in [2.05, 4.69) is 0 Å². The van der Waals surface area contributed by atoms with Gasteiger partial charge in [-0.3, -0.25) is 10.1 Å². The third kappa shape index (κ3) is 4.11. The molecule has 0 unspecified atom stereocenters. The Bertz CT molecular complexity index is 715. The molecule has 0 radical (unpaired) electrons. The summed E-state index contributed by atoms with van der Waals surface area (Å²) in [6.07, 6.45) is 0. The van der Waals surface area contributed by atoms with Crippen molar-refractivity contribution in [2.75, 3.05) is 11.5 Å². The summed E-state index contributed by atoms with van der Waals surface area (Å²) in [6, 6.07) is 2.54.